The van der Waals surface area contributed by atoms with E-state index in [1.54, 1.807) is 6.07 Å². The maximum absolute atomic E-state index is 7.06. The number of benzene rings is 1. The van der Waals surface area contributed by atoms with Gasteiger partial charge >= 0.3 is 7.12 Å². The highest BCUT2D eigenvalue weighted by atomic mass is 16.6. The summed E-state index contributed by atoms with van der Waals surface area (Å²) in [6.07, 6.45) is 4.25. The predicted octanol–water partition coefficient (Wildman–Crippen LogP) is 3.57. The second-order valence-electron chi connectivity index (χ2n) is 4.49. The Labute approximate surface area is 116 Å². The molecule has 102 valence electrons. The smallest absolute Gasteiger partial charge is 0.407 e. The molecule has 0 aromatic heterocycles. The van der Waals surface area contributed by atoms with E-state index >= 15 is 0 Å². The van der Waals surface area contributed by atoms with Crippen LogP contribution >= 0.6 is 0 Å². The van der Waals surface area contributed by atoms with E-state index < -0.39 is 0 Å². The van der Waals surface area contributed by atoms with E-state index in [-0.39, 0.29) is 7.12 Å². The molecule has 0 spiro atoms. The molecule has 0 saturated carbocycles. The summed E-state index contributed by atoms with van der Waals surface area (Å²) in [7, 11) is -0.347. The van der Waals surface area contributed by atoms with Crippen LogP contribution in [0.1, 0.15) is 39.5 Å². The molecule has 0 bridgehead atoms. The summed E-state index contributed by atoms with van der Waals surface area (Å²) in [6, 6.07) is 7.47. The Morgan fingerprint density at radius 2 is 1.74 bits per heavy atom. The molecule has 3 nitrogen and oxygen atoms in total. The molecule has 0 aliphatic rings. The minimum Gasteiger partial charge on any atom is -0.407 e. The highest BCUT2D eigenvalue weighted by Crippen LogP contribution is 2.09. The first-order valence-electron chi connectivity index (χ1n) is 7.02. The minimum absolute atomic E-state index is 0.347. The molecule has 4 heteroatoms. The summed E-state index contributed by atoms with van der Waals surface area (Å²) in [4.78, 5) is 3.45. The molecule has 0 radical (unpaired) electrons. The van der Waals surface area contributed by atoms with Crippen molar-refractivity contribution in [3.63, 3.8) is 0 Å². The number of rotatable bonds is 9. The molecule has 0 atom stereocenters. The van der Waals surface area contributed by atoms with Crippen molar-refractivity contribution in [1.29, 1.82) is 0 Å². The number of hydrogen-bond acceptors (Lipinski definition) is 2. The molecule has 0 saturated heterocycles. The molecular weight excluding hydrogens is 237 g/mol. The lowest BCUT2D eigenvalue weighted by atomic mass is 9.78. The van der Waals surface area contributed by atoms with Gasteiger partial charge < -0.3 is 9.31 Å². The van der Waals surface area contributed by atoms with Crippen LogP contribution in [0.3, 0.4) is 0 Å². The maximum atomic E-state index is 7.06. The summed E-state index contributed by atoms with van der Waals surface area (Å²) in [5.41, 5.74) is 1.56. The monoisotopic (exact) mass is 259 g/mol. The van der Waals surface area contributed by atoms with Crippen molar-refractivity contribution in [3.05, 3.63) is 35.7 Å². The molecule has 1 rings (SSSR count). The van der Waals surface area contributed by atoms with Crippen LogP contribution in [0, 0.1) is 6.57 Å². The standard InChI is InChI=1S/C15H22BNO2/c1-4-6-11-18-16(19-12-7-5-2)14-9-8-10-15(13-14)17-3/h8-10,13H,4-7,11-12H2,1-2H3. The third-order valence-corrected chi connectivity index (χ3v) is 2.81. The first-order valence-corrected chi connectivity index (χ1v) is 7.02. The Hall–Kier alpha value is -1.31. The van der Waals surface area contributed by atoms with Gasteiger partial charge in [0.25, 0.3) is 0 Å². The molecule has 0 amide bonds. The molecule has 0 aliphatic carbocycles. The van der Waals surface area contributed by atoms with Gasteiger partial charge in [0, 0.05) is 13.2 Å². The molecule has 0 fully saturated rings. The lowest BCUT2D eigenvalue weighted by molar-refractivity contribution is 0.202. The van der Waals surface area contributed by atoms with Crippen molar-refractivity contribution in [2.45, 2.75) is 39.5 Å². The zero-order valence-corrected chi connectivity index (χ0v) is 11.9. The third kappa shape index (κ3) is 5.91. The van der Waals surface area contributed by atoms with Gasteiger partial charge in [-0.05, 0) is 18.3 Å². The maximum Gasteiger partial charge on any atom is 0.492 e. The van der Waals surface area contributed by atoms with Gasteiger partial charge in [0.15, 0.2) is 5.69 Å². The molecule has 0 unspecified atom stereocenters. The average Bonchev–Trinajstić information content (AvgIpc) is 2.46. The van der Waals surface area contributed by atoms with Crippen LogP contribution in [0.4, 0.5) is 5.69 Å². The molecule has 0 heterocycles. The fraction of sp³-hybridized carbons (Fsp3) is 0.533. The van der Waals surface area contributed by atoms with Crippen molar-refractivity contribution < 1.29 is 9.31 Å². The van der Waals surface area contributed by atoms with E-state index in [4.69, 9.17) is 15.9 Å². The van der Waals surface area contributed by atoms with Gasteiger partial charge in [-0.25, -0.2) is 4.85 Å². The lowest BCUT2D eigenvalue weighted by Crippen LogP contribution is -2.37. The van der Waals surface area contributed by atoms with Crippen molar-refractivity contribution >= 4 is 18.3 Å². The minimum atomic E-state index is -0.347. The lowest BCUT2D eigenvalue weighted by Gasteiger charge is -2.15. The molecular formula is C15H22BNO2. The van der Waals surface area contributed by atoms with Crippen LogP contribution in [-0.2, 0) is 9.31 Å². The Morgan fingerprint density at radius 3 is 2.26 bits per heavy atom. The van der Waals surface area contributed by atoms with Crippen molar-refractivity contribution in [2.75, 3.05) is 13.2 Å². The van der Waals surface area contributed by atoms with Gasteiger partial charge in [0.05, 0.1) is 6.57 Å². The van der Waals surface area contributed by atoms with Crippen LogP contribution in [0.15, 0.2) is 24.3 Å². The van der Waals surface area contributed by atoms with E-state index in [9.17, 15) is 0 Å². The van der Waals surface area contributed by atoms with Gasteiger partial charge in [-0.2, -0.15) is 0 Å². The van der Waals surface area contributed by atoms with Crippen LogP contribution in [0.2, 0.25) is 0 Å². The topological polar surface area (TPSA) is 22.8 Å². The molecule has 19 heavy (non-hydrogen) atoms. The molecule has 1 aromatic carbocycles. The Bertz CT molecular complexity index is 393. The van der Waals surface area contributed by atoms with Gasteiger partial charge in [0.1, 0.15) is 0 Å². The van der Waals surface area contributed by atoms with Gasteiger partial charge in [-0.3, -0.25) is 0 Å². The summed E-state index contributed by atoms with van der Waals surface area (Å²) in [5, 5.41) is 0. The van der Waals surface area contributed by atoms with Crippen LogP contribution < -0.4 is 5.46 Å². The summed E-state index contributed by atoms with van der Waals surface area (Å²) < 4.78 is 11.6. The SMILES string of the molecule is [C-]#[N+]c1cccc(B(OCCCC)OCCCC)c1. The van der Waals surface area contributed by atoms with E-state index in [1.807, 2.05) is 18.2 Å². The summed E-state index contributed by atoms with van der Waals surface area (Å²) >= 11 is 0. The Morgan fingerprint density at radius 1 is 1.11 bits per heavy atom. The predicted molar refractivity (Wildman–Crippen MR) is 79.8 cm³/mol. The average molecular weight is 259 g/mol. The third-order valence-electron chi connectivity index (χ3n) is 2.81. The molecule has 0 N–H and O–H groups in total. The highest BCUT2D eigenvalue weighted by Gasteiger charge is 2.21. The first kappa shape index (κ1) is 15.8. The zero-order chi connectivity index (χ0) is 13.9. The molecule has 0 aliphatic heterocycles. The van der Waals surface area contributed by atoms with Crippen molar-refractivity contribution in [1.82, 2.24) is 0 Å². The summed E-state index contributed by atoms with van der Waals surface area (Å²) in [5.74, 6) is 0. The van der Waals surface area contributed by atoms with Gasteiger partial charge in [-0.1, -0.05) is 51.0 Å². The van der Waals surface area contributed by atoms with E-state index in [1.165, 1.54) is 0 Å². The fourth-order valence-corrected chi connectivity index (χ4v) is 1.65. The Kier molecular flexibility index (Phi) is 7.96. The van der Waals surface area contributed by atoms with E-state index in [2.05, 4.69) is 18.7 Å². The van der Waals surface area contributed by atoms with Crippen molar-refractivity contribution in [2.24, 2.45) is 0 Å². The van der Waals surface area contributed by atoms with Gasteiger partial charge in [0.2, 0.25) is 0 Å². The van der Waals surface area contributed by atoms with Gasteiger partial charge in [-0.15, -0.1) is 0 Å². The second kappa shape index (κ2) is 9.60. The number of unbranched alkanes of at least 4 members (excludes halogenated alkanes) is 2. The second-order valence-corrected chi connectivity index (χ2v) is 4.49. The normalized spacial score (nSPS) is 10.2. The quantitative estimate of drug-likeness (QED) is 0.384. The van der Waals surface area contributed by atoms with E-state index in [0.29, 0.717) is 18.9 Å². The molecule has 1 aromatic rings. The first-order chi connectivity index (χ1) is 9.31. The van der Waals surface area contributed by atoms with Crippen LogP contribution in [0.5, 0.6) is 0 Å². The number of nitrogens with zero attached hydrogens (tertiary/aromatic N) is 1. The summed E-state index contributed by atoms with van der Waals surface area (Å²) in [6.45, 7) is 12.7. The fourth-order valence-electron chi connectivity index (χ4n) is 1.65. The van der Waals surface area contributed by atoms with Crippen LogP contribution in [-0.4, -0.2) is 20.3 Å². The largest absolute Gasteiger partial charge is 0.492 e. The van der Waals surface area contributed by atoms with E-state index in [0.717, 1.165) is 31.1 Å². The van der Waals surface area contributed by atoms with Crippen LogP contribution in [0.25, 0.3) is 4.85 Å². The number of hydrogen-bond donors (Lipinski definition) is 0. The van der Waals surface area contributed by atoms with Crippen molar-refractivity contribution in [3.8, 4) is 0 Å². The zero-order valence-electron chi connectivity index (χ0n) is 11.9. The highest BCUT2D eigenvalue weighted by molar-refractivity contribution is 6.61. The Balaban J connectivity index is 2.66.